The summed E-state index contributed by atoms with van der Waals surface area (Å²) in [7, 11) is 0. The van der Waals surface area contributed by atoms with Crippen LogP contribution >= 0.6 is 11.8 Å². The normalized spacial score (nSPS) is 10.8. The van der Waals surface area contributed by atoms with Gasteiger partial charge >= 0.3 is 0 Å². The summed E-state index contributed by atoms with van der Waals surface area (Å²) in [4.78, 5) is 10.5. The predicted octanol–water partition coefficient (Wildman–Crippen LogP) is 5.66. The molecule has 1 heterocycles. The smallest absolute Gasteiger partial charge is 0.269 e. The molecular formula is C24H22N4O3S. The zero-order valence-electron chi connectivity index (χ0n) is 17.8. The quantitative estimate of drug-likeness (QED) is 0.197. The van der Waals surface area contributed by atoms with Crippen molar-refractivity contribution in [2.75, 3.05) is 0 Å². The van der Waals surface area contributed by atoms with Crippen molar-refractivity contribution in [3.05, 3.63) is 105 Å². The van der Waals surface area contributed by atoms with Crippen LogP contribution in [0.1, 0.15) is 22.5 Å². The van der Waals surface area contributed by atoms with Crippen molar-refractivity contribution in [3.63, 3.8) is 0 Å². The summed E-state index contributed by atoms with van der Waals surface area (Å²) < 4.78 is 7.94. The highest BCUT2D eigenvalue weighted by atomic mass is 32.2. The van der Waals surface area contributed by atoms with Gasteiger partial charge in [0.2, 0.25) is 0 Å². The lowest BCUT2D eigenvalue weighted by atomic mass is 10.2. The molecule has 0 unspecified atom stereocenters. The van der Waals surface area contributed by atoms with Crippen LogP contribution in [-0.4, -0.2) is 19.7 Å². The van der Waals surface area contributed by atoms with Crippen molar-refractivity contribution in [2.24, 2.45) is 0 Å². The van der Waals surface area contributed by atoms with E-state index in [1.165, 1.54) is 35.0 Å². The molecule has 0 N–H and O–H groups in total. The van der Waals surface area contributed by atoms with Gasteiger partial charge in [-0.1, -0.05) is 59.3 Å². The van der Waals surface area contributed by atoms with E-state index in [2.05, 4.69) is 10.2 Å². The highest BCUT2D eigenvalue weighted by Crippen LogP contribution is 2.27. The van der Waals surface area contributed by atoms with E-state index in [9.17, 15) is 10.1 Å². The summed E-state index contributed by atoms with van der Waals surface area (Å²) in [6, 6.07) is 22.6. The van der Waals surface area contributed by atoms with Gasteiger partial charge in [0, 0.05) is 23.6 Å². The molecule has 0 saturated carbocycles. The van der Waals surface area contributed by atoms with Crippen molar-refractivity contribution in [1.82, 2.24) is 14.8 Å². The van der Waals surface area contributed by atoms with E-state index in [0.717, 1.165) is 22.2 Å². The summed E-state index contributed by atoms with van der Waals surface area (Å²) in [5.41, 5.74) is 4.34. The third-order valence-corrected chi connectivity index (χ3v) is 5.90. The summed E-state index contributed by atoms with van der Waals surface area (Å²) in [6.07, 6.45) is 0. The minimum absolute atomic E-state index is 0.0807. The molecule has 4 rings (SSSR count). The van der Waals surface area contributed by atoms with E-state index >= 15 is 0 Å². The summed E-state index contributed by atoms with van der Waals surface area (Å²) >= 11 is 1.52. The Morgan fingerprint density at radius 2 is 1.53 bits per heavy atom. The Hall–Kier alpha value is -3.65. The summed E-state index contributed by atoms with van der Waals surface area (Å²) in [6.45, 7) is 4.36. The van der Waals surface area contributed by atoms with Gasteiger partial charge in [-0.2, -0.15) is 0 Å². The zero-order chi connectivity index (χ0) is 22.5. The van der Waals surface area contributed by atoms with E-state index in [1.54, 1.807) is 12.1 Å². The Balaban J connectivity index is 1.56. The first-order valence-corrected chi connectivity index (χ1v) is 11.0. The van der Waals surface area contributed by atoms with Gasteiger partial charge in [0.1, 0.15) is 12.4 Å². The van der Waals surface area contributed by atoms with E-state index in [0.29, 0.717) is 11.6 Å². The number of benzene rings is 3. The highest BCUT2D eigenvalue weighted by Gasteiger charge is 2.16. The van der Waals surface area contributed by atoms with Gasteiger partial charge in [-0.25, -0.2) is 0 Å². The summed E-state index contributed by atoms with van der Waals surface area (Å²) in [5, 5.41) is 20.4. The predicted molar refractivity (Wildman–Crippen MR) is 124 cm³/mol. The average Bonchev–Trinajstić information content (AvgIpc) is 3.21. The fourth-order valence-corrected chi connectivity index (χ4v) is 4.01. The van der Waals surface area contributed by atoms with Crippen LogP contribution in [-0.2, 0) is 12.4 Å². The van der Waals surface area contributed by atoms with Gasteiger partial charge in [-0.15, -0.1) is 10.2 Å². The van der Waals surface area contributed by atoms with Crippen molar-refractivity contribution in [1.29, 1.82) is 0 Å². The largest absolute Gasteiger partial charge is 0.486 e. The molecule has 0 amide bonds. The Bertz CT molecular complexity index is 1200. The lowest BCUT2D eigenvalue weighted by Crippen LogP contribution is -2.06. The second-order valence-electron chi connectivity index (χ2n) is 7.38. The average molecular weight is 447 g/mol. The number of thioether (sulfide) groups is 1. The van der Waals surface area contributed by atoms with Crippen LogP contribution in [0.2, 0.25) is 0 Å². The van der Waals surface area contributed by atoms with E-state index in [-0.39, 0.29) is 12.3 Å². The SMILES string of the molecule is Cc1ccc(OCc2nnc(SCc3ccc([N+](=O)[O-])cc3)n2-c2ccc(C)cc2)cc1. The van der Waals surface area contributed by atoms with Gasteiger partial charge in [0.25, 0.3) is 5.69 Å². The second kappa shape index (κ2) is 9.65. The van der Waals surface area contributed by atoms with Crippen LogP contribution in [0, 0.1) is 24.0 Å². The Labute approximate surface area is 190 Å². The molecule has 0 spiro atoms. The number of hydrogen-bond acceptors (Lipinski definition) is 6. The topological polar surface area (TPSA) is 83.1 Å². The Kier molecular flexibility index (Phi) is 6.51. The molecule has 4 aromatic rings. The number of ether oxygens (including phenoxy) is 1. The zero-order valence-corrected chi connectivity index (χ0v) is 18.6. The molecule has 32 heavy (non-hydrogen) atoms. The first-order chi connectivity index (χ1) is 15.5. The molecule has 3 aromatic carbocycles. The number of non-ortho nitro benzene ring substituents is 1. The number of rotatable bonds is 8. The molecule has 0 radical (unpaired) electrons. The number of aromatic nitrogens is 3. The number of aryl methyl sites for hydroxylation is 2. The molecule has 0 atom stereocenters. The molecule has 0 aliphatic carbocycles. The molecule has 0 fully saturated rings. The maximum atomic E-state index is 10.9. The highest BCUT2D eigenvalue weighted by molar-refractivity contribution is 7.98. The van der Waals surface area contributed by atoms with Crippen molar-refractivity contribution < 1.29 is 9.66 Å². The second-order valence-corrected chi connectivity index (χ2v) is 8.33. The molecule has 8 heteroatoms. The Morgan fingerprint density at radius 3 is 2.16 bits per heavy atom. The van der Waals surface area contributed by atoms with Gasteiger partial charge in [0.05, 0.1) is 4.92 Å². The van der Waals surface area contributed by atoms with Crippen LogP contribution in [0.25, 0.3) is 5.69 Å². The number of nitro benzene ring substituents is 1. The Morgan fingerprint density at radius 1 is 0.906 bits per heavy atom. The molecule has 0 saturated heterocycles. The van der Waals surface area contributed by atoms with Gasteiger partial charge in [0.15, 0.2) is 11.0 Å². The number of nitrogens with zero attached hydrogens (tertiary/aromatic N) is 4. The van der Waals surface area contributed by atoms with Crippen molar-refractivity contribution in [2.45, 2.75) is 31.4 Å². The van der Waals surface area contributed by atoms with Crippen LogP contribution in [0.3, 0.4) is 0 Å². The van der Waals surface area contributed by atoms with Gasteiger partial charge < -0.3 is 4.74 Å². The van der Waals surface area contributed by atoms with Crippen LogP contribution in [0.4, 0.5) is 5.69 Å². The number of hydrogen-bond donors (Lipinski definition) is 0. The first kappa shape index (κ1) is 21.6. The van der Waals surface area contributed by atoms with Crippen LogP contribution in [0.15, 0.2) is 78.0 Å². The molecular weight excluding hydrogens is 424 g/mol. The standard InChI is InChI=1S/C24H22N4O3S/c1-17-3-9-20(10-4-17)27-23(15-31-22-13-5-18(2)6-14-22)25-26-24(27)32-16-19-7-11-21(12-8-19)28(29)30/h3-14H,15-16H2,1-2H3. The van der Waals surface area contributed by atoms with Crippen molar-refractivity contribution >= 4 is 17.4 Å². The molecule has 0 aliphatic heterocycles. The molecule has 1 aromatic heterocycles. The van der Waals surface area contributed by atoms with E-state index < -0.39 is 4.92 Å². The van der Waals surface area contributed by atoms with E-state index in [4.69, 9.17) is 4.74 Å². The molecule has 7 nitrogen and oxygen atoms in total. The van der Waals surface area contributed by atoms with Crippen molar-refractivity contribution in [3.8, 4) is 11.4 Å². The lowest BCUT2D eigenvalue weighted by molar-refractivity contribution is -0.384. The maximum Gasteiger partial charge on any atom is 0.269 e. The first-order valence-electron chi connectivity index (χ1n) is 10.1. The lowest BCUT2D eigenvalue weighted by Gasteiger charge is -2.12. The summed E-state index contributed by atoms with van der Waals surface area (Å²) in [5.74, 6) is 2.08. The fourth-order valence-electron chi connectivity index (χ4n) is 3.08. The maximum absolute atomic E-state index is 10.9. The minimum atomic E-state index is -0.398. The number of nitro groups is 1. The minimum Gasteiger partial charge on any atom is -0.486 e. The fraction of sp³-hybridized carbons (Fsp3) is 0.167. The monoisotopic (exact) mass is 446 g/mol. The molecule has 162 valence electrons. The van der Waals surface area contributed by atoms with Crippen LogP contribution in [0.5, 0.6) is 5.75 Å². The van der Waals surface area contributed by atoms with Gasteiger partial charge in [-0.3, -0.25) is 14.7 Å². The third kappa shape index (κ3) is 5.15. The van der Waals surface area contributed by atoms with Crippen LogP contribution < -0.4 is 4.74 Å². The third-order valence-electron chi connectivity index (χ3n) is 4.90. The van der Waals surface area contributed by atoms with E-state index in [1.807, 2.05) is 66.9 Å². The molecule has 0 bridgehead atoms. The van der Waals surface area contributed by atoms with Gasteiger partial charge in [-0.05, 0) is 43.7 Å². The molecule has 0 aliphatic rings.